The minimum Gasteiger partial charge on any atom is -0.492 e. The highest BCUT2D eigenvalue weighted by atomic mass is 35.5. The Morgan fingerprint density at radius 3 is 2.50 bits per heavy atom. The summed E-state index contributed by atoms with van der Waals surface area (Å²) in [5, 5.41) is 11.4. The number of nitrogens with zero attached hydrogens (tertiary/aromatic N) is 6. The number of ether oxygens (including phenoxy) is 1. The number of halogens is 1. The predicted octanol–water partition coefficient (Wildman–Crippen LogP) is 1.80. The lowest BCUT2D eigenvalue weighted by Gasteiger charge is -2.34. The van der Waals surface area contributed by atoms with Crippen LogP contribution in [0.1, 0.15) is 0 Å². The number of aromatic nitrogens is 4. The Labute approximate surface area is 171 Å². The SMILES string of the molecule is O=c1n(CN2CCN(CCOc3ccc(Cl)cc3)CC2)nnn1-c1cccs1. The van der Waals surface area contributed by atoms with Crippen molar-refractivity contribution < 1.29 is 4.74 Å². The summed E-state index contributed by atoms with van der Waals surface area (Å²) in [6.45, 7) is 5.56. The van der Waals surface area contributed by atoms with Gasteiger partial charge < -0.3 is 4.74 Å². The van der Waals surface area contributed by atoms with Gasteiger partial charge in [0.15, 0.2) is 0 Å². The van der Waals surface area contributed by atoms with Crippen LogP contribution in [0.5, 0.6) is 5.75 Å². The van der Waals surface area contributed by atoms with Gasteiger partial charge in [-0.1, -0.05) is 11.6 Å². The quantitative estimate of drug-likeness (QED) is 0.580. The summed E-state index contributed by atoms with van der Waals surface area (Å²) in [7, 11) is 0. The molecule has 1 aliphatic rings. The van der Waals surface area contributed by atoms with Crippen molar-refractivity contribution in [2.75, 3.05) is 39.3 Å². The molecule has 0 amide bonds. The molecule has 2 aromatic heterocycles. The molecule has 0 bridgehead atoms. The zero-order valence-electron chi connectivity index (χ0n) is 15.3. The zero-order chi connectivity index (χ0) is 19.3. The molecule has 8 nitrogen and oxygen atoms in total. The van der Waals surface area contributed by atoms with E-state index in [9.17, 15) is 4.79 Å². The summed E-state index contributed by atoms with van der Waals surface area (Å²) in [4.78, 5) is 17.0. The molecule has 10 heteroatoms. The molecule has 1 fully saturated rings. The van der Waals surface area contributed by atoms with Crippen molar-refractivity contribution >= 4 is 22.9 Å². The summed E-state index contributed by atoms with van der Waals surface area (Å²) >= 11 is 7.34. The van der Waals surface area contributed by atoms with Gasteiger partial charge in [0.05, 0.1) is 0 Å². The highest BCUT2D eigenvalue weighted by Crippen LogP contribution is 2.15. The van der Waals surface area contributed by atoms with Gasteiger partial charge in [-0.3, -0.25) is 9.80 Å². The van der Waals surface area contributed by atoms with Gasteiger partial charge in [0.25, 0.3) is 0 Å². The summed E-state index contributed by atoms with van der Waals surface area (Å²) in [5.41, 5.74) is -0.207. The van der Waals surface area contributed by atoms with Gasteiger partial charge in [0.2, 0.25) is 0 Å². The largest absolute Gasteiger partial charge is 0.492 e. The molecule has 0 atom stereocenters. The third kappa shape index (κ3) is 4.61. The number of thiophene rings is 1. The normalized spacial score (nSPS) is 15.8. The molecule has 1 saturated heterocycles. The average molecular weight is 421 g/mol. The van der Waals surface area contributed by atoms with Gasteiger partial charge in [-0.05, 0) is 52.2 Å². The monoisotopic (exact) mass is 420 g/mol. The number of benzene rings is 1. The summed E-state index contributed by atoms with van der Waals surface area (Å²) in [5.74, 6) is 0.830. The maximum atomic E-state index is 12.4. The van der Waals surface area contributed by atoms with Crippen LogP contribution in [0.4, 0.5) is 0 Å². The molecule has 1 aromatic carbocycles. The third-order valence-electron chi connectivity index (χ3n) is 4.64. The minimum atomic E-state index is -0.207. The van der Waals surface area contributed by atoms with Crippen molar-refractivity contribution in [3.05, 3.63) is 57.3 Å². The first-order valence-electron chi connectivity index (χ1n) is 9.09. The van der Waals surface area contributed by atoms with E-state index in [1.807, 2.05) is 41.8 Å². The Kier molecular flexibility index (Phi) is 6.06. The van der Waals surface area contributed by atoms with Crippen LogP contribution in [0.15, 0.2) is 46.6 Å². The van der Waals surface area contributed by atoms with E-state index >= 15 is 0 Å². The smallest absolute Gasteiger partial charge is 0.370 e. The van der Waals surface area contributed by atoms with E-state index in [0.717, 1.165) is 43.5 Å². The van der Waals surface area contributed by atoms with Gasteiger partial charge in [0.1, 0.15) is 24.0 Å². The first kappa shape index (κ1) is 19.1. The molecule has 3 heterocycles. The number of hydrogen-bond donors (Lipinski definition) is 0. The van der Waals surface area contributed by atoms with E-state index in [4.69, 9.17) is 16.3 Å². The first-order chi connectivity index (χ1) is 13.7. The second-order valence-corrected chi connectivity index (χ2v) is 7.89. The van der Waals surface area contributed by atoms with Gasteiger partial charge in [-0.25, -0.2) is 4.79 Å². The van der Waals surface area contributed by atoms with E-state index in [0.29, 0.717) is 18.3 Å². The van der Waals surface area contributed by atoms with Crippen LogP contribution in [-0.4, -0.2) is 68.9 Å². The van der Waals surface area contributed by atoms with Crippen LogP contribution >= 0.6 is 22.9 Å². The molecule has 148 valence electrons. The van der Waals surface area contributed by atoms with Crippen LogP contribution in [0.2, 0.25) is 5.02 Å². The first-order valence-corrected chi connectivity index (χ1v) is 10.3. The lowest BCUT2D eigenvalue weighted by atomic mass is 10.3. The Morgan fingerprint density at radius 1 is 1.04 bits per heavy atom. The molecule has 0 saturated carbocycles. The molecule has 0 N–H and O–H groups in total. The van der Waals surface area contributed by atoms with Gasteiger partial charge in [0, 0.05) is 37.7 Å². The molecule has 3 aromatic rings. The van der Waals surface area contributed by atoms with Crippen molar-refractivity contribution in [2.24, 2.45) is 0 Å². The Hall–Kier alpha value is -2.20. The summed E-state index contributed by atoms with van der Waals surface area (Å²) in [6, 6.07) is 11.2. The minimum absolute atomic E-state index is 0.207. The standard InChI is InChI=1S/C18H21ClN6O2S/c19-15-3-5-16(6-4-15)27-12-11-22-7-9-23(10-8-22)14-24-18(26)25(21-20-24)17-2-1-13-28-17/h1-6,13H,7-12,14H2. The van der Waals surface area contributed by atoms with Crippen molar-refractivity contribution in [1.29, 1.82) is 0 Å². The van der Waals surface area contributed by atoms with Crippen LogP contribution in [0.3, 0.4) is 0 Å². The fraction of sp³-hybridized carbons (Fsp3) is 0.389. The van der Waals surface area contributed by atoms with Crippen LogP contribution in [0, 0.1) is 0 Å². The maximum absolute atomic E-state index is 12.4. The van der Waals surface area contributed by atoms with Crippen LogP contribution in [0.25, 0.3) is 5.00 Å². The lowest BCUT2D eigenvalue weighted by molar-refractivity contribution is 0.0910. The molecule has 4 rings (SSSR count). The van der Waals surface area contributed by atoms with Crippen LogP contribution in [-0.2, 0) is 6.67 Å². The third-order valence-corrected chi connectivity index (χ3v) is 5.74. The van der Waals surface area contributed by atoms with Crippen molar-refractivity contribution in [2.45, 2.75) is 6.67 Å². The number of tetrazole rings is 1. The van der Waals surface area contributed by atoms with Crippen molar-refractivity contribution in [1.82, 2.24) is 29.6 Å². The molecule has 28 heavy (non-hydrogen) atoms. The van der Waals surface area contributed by atoms with Crippen molar-refractivity contribution in [3.63, 3.8) is 0 Å². The van der Waals surface area contributed by atoms with Crippen molar-refractivity contribution in [3.8, 4) is 10.8 Å². The summed E-state index contributed by atoms with van der Waals surface area (Å²) < 4.78 is 8.52. The Bertz CT molecular complexity index is 932. The molecule has 0 radical (unpaired) electrons. The van der Waals surface area contributed by atoms with E-state index in [-0.39, 0.29) is 5.69 Å². The number of hydrogen-bond acceptors (Lipinski definition) is 7. The zero-order valence-corrected chi connectivity index (χ0v) is 16.8. The number of rotatable bonds is 7. The van der Waals surface area contributed by atoms with Gasteiger partial charge >= 0.3 is 5.69 Å². The van der Waals surface area contributed by atoms with E-state index in [1.54, 1.807) is 0 Å². The topological polar surface area (TPSA) is 68.4 Å². The summed E-state index contributed by atoms with van der Waals surface area (Å²) in [6.07, 6.45) is 0. The predicted molar refractivity (Wildman–Crippen MR) is 108 cm³/mol. The van der Waals surface area contributed by atoms with E-state index in [1.165, 1.54) is 20.7 Å². The Morgan fingerprint density at radius 2 is 1.79 bits per heavy atom. The average Bonchev–Trinajstić information content (AvgIpc) is 3.35. The second-order valence-electron chi connectivity index (χ2n) is 6.53. The second kappa shape index (κ2) is 8.87. The Balaban J connectivity index is 1.22. The fourth-order valence-corrected chi connectivity index (χ4v) is 3.85. The highest BCUT2D eigenvalue weighted by molar-refractivity contribution is 7.12. The van der Waals surface area contributed by atoms with E-state index in [2.05, 4.69) is 20.2 Å². The van der Waals surface area contributed by atoms with Gasteiger partial charge in [-0.2, -0.15) is 9.36 Å². The van der Waals surface area contributed by atoms with Crippen LogP contribution < -0.4 is 10.4 Å². The molecular weight excluding hydrogens is 400 g/mol. The lowest BCUT2D eigenvalue weighted by Crippen LogP contribution is -2.48. The molecule has 0 aliphatic carbocycles. The van der Waals surface area contributed by atoms with E-state index < -0.39 is 0 Å². The molecular formula is C18H21ClN6O2S. The molecule has 0 spiro atoms. The maximum Gasteiger partial charge on any atom is 0.370 e. The molecule has 1 aliphatic heterocycles. The highest BCUT2D eigenvalue weighted by Gasteiger charge is 2.19. The van der Waals surface area contributed by atoms with Gasteiger partial charge in [-0.15, -0.1) is 11.3 Å². The fourth-order valence-electron chi connectivity index (χ4n) is 3.06. The molecule has 0 unspecified atom stereocenters. The number of piperazine rings is 1.